The standard InChI is InChI=1S/C20H22ClNO4/c1-3-4-11-25-17-8-5-15(6-9-17)20(24)26-13-19(23)22-18-10-7-16(21)12-14(18)2/h5-10,12H,3-4,11,13H2,1-2H3,(H,22,23). The number of unbranched alkanes of at least 4 members (excludes halogenated alkanes) is 1. The molecule has 0 aliphatic carbocycles. The van der Waals surface area contributed by atoms with Crippen molar-refractivity contribution >= 4 is 29.2 Å². The number of nitrogens with one attached hydrogen (secondary N) is 1. The smallest absolute Gasteiger partial charge is 0.338 e. The average molecular weight is 376 g/mol. The Balaban J connectivity index is 1.82. The van der Waals surface area contributed by atoms with E-state index in [1.165, 1.54) is 0 Å². The number of benzene rings is 2. The molecule has 0 fully saturated rings. The lowest BCUT2D eigenvalue weighted by Crippen LogP contribution is -2.21. The van der Waals surface area contributed by atoms with E-state index in [1.54, 1.807) is 42.5 Å². The maximum absolute atomic E-state index is 12.0. The second-order valence-electron chi connectivity index (χ2n) is 5.81. The number of halogens is 1. The maximum atomic E-state index is 12.0. The van der Waals surface area contributed by atoms with Crippen LogP contribution in [0.15, 0.2) is 42.5 Å². The largest absolute Gasteiger partial charge is 0.494 e. The summed E-state index contributed by atoms with van der Waals surface area (Å²) in [4.78, 5) is 24.0. The molecule has 1 amide bonds. The van der Waals surface area contributed by atoms with Crippen molar-refractivity contribution in [3.63, 3.8) is 0 Å². The van der Waals surface area contributed by atoms with Crippen molar-refractivity contribution in [2.75, 3.05) is 18.5 Å². The SMILES string of the molecule is CCCCOc1ccc(C(=O)OCC(=O)Nc2ccc(Cl)cc2C)cc1. The fraction of sp³-hybridized carbons (Fsp3) is 0.300. The topological polar surface area (TPSA) is 64.6 Å². The number of amides is 1. The number of aryl methyl sites for hydroxylation is 1. The fourth-order valence-electron chi connectivity index (χ4n) is 2.19. The summed E-state index contributed by atoms with van der Waals surface area (Å²) in [7, 11) is 0. The highest BCUT2D eigenvalue weighted by Gasteiger charge is 2.11. The van der Waals surface area contributed by atoms with Gasteiger partial charge >= 0.3 is 5.97 Å². The van der Waals surface area contributed by atoms with Gasteiger partial charge in [-0.3, -0.25) is 4.79 Å². The third-order valence-electron chi connectivity index (χ3n) is 3.65. The first-order chi connectivity index (χ1) is 12.5. The van der Waals surface area contributed by atoms with Gasteiger partial charge in [-0.05, 0) is 61.4 Å². The van der Waals surface area contributed by atoms with E-state index in [2.05, 4.69) is 12.2 Å². The van der Waals surface area contributed by atoms with E-state index in [0.29, 0.717) is 28.6 Å². The highest BCUT2D eigenvalue weighted by atomic mass is 35.5. The first-order valence-corrected chi connectivity index (χ1v) is 8.83. The van der Waals surface area contributed by atoms with Gasteiger partial charge in [0.1, 0.15) is 5.75 Å². The van der Waals surface area contributed by atoms with Gasteiger partial charge in [-0.2, -0.15) is 0 Å². The normalized spacial score (nSPS) is 10.3. The van der Waals surface area contributed by atoms with Gasteiger partial charge < -0.3 is 14.8 Å². The molecular weight excluding hydrogens is 354 g/mol. The van der Waals surface area contributed by atoms with Gasteiger partial charge in [0.05, 0.1) is 12.2 Å². The van der Waals surface area contributed by atoms with E-state index in [1.807, 2.05) is 6.92 Å². The minimum Gasteiger partial charge on any atom is -0.494 e. The molecule has 0 aliphatic heterocycles. The van der Waals surface area contributed by atoms with Crippen molar-refractivity contribution in [1.29, 1.82) is 0 Å². The Bertz CT molecular complexity index is 759. The molecule has 0 bridgehead atoms. The zero-order valence-corrected chi connectivity index (χ0v) is 15.6. The van der Waals surface area contributed by atoms with Crippen molar-refractivity contribution in [2.45, 2.75) is 26.7 Å². The summed E-state index contributed by atoms with van der Waals surface area (Å²) in [5, 5.41) is 3.28. The molecule has 0 aliphatic rings. The Morgan fingerprint density at radius 3 is 2.50 bits per heavy atom. The zero-order valence-electron chi connectivity index (χ0n) is 14.9. The first-order valence-electron chi connectivity index (χ1n) is 8.45. The Kier molecular flexibility index (Phi) is 7.48. The summed E-state index contributed by atoms with van der Waals surface area (Å²) < 4.78 is 10.6. The van der Waals surface area contributed by atoms with E-state index < -0.39 is 11.9 Å². The molecule has 0 heterocycles. The van der Waals surface area contributed by atoms with Gasteiger partial charge in [-0.25, -0.2) is 4.79 Å². The molecule has 6 heteroatoms. The second kappa shape index (κ2) is 9.82. The number of rotatable bonds is 8. The van der Waals surface area contributed by atoms with E-state index in [0.717, 1.165) is 18.4 Å². The summed E-state index contributed by atoms with van der Waals surface area (Å²) in [6.07, 6.45) is 2.04. The van der Waals surface area contributed by atoms with Crippen molar-refractivity contribution in [1.82, 2.24) is 0 Å². The maximum Gasteiger partial charge on any atom is 0.338 e. The lowest BCUT2D eigenvalue weighted by atomic mass is 10.2. The van der Waals surface area contributed by atoms with Crippen LogP contribution in [-0.4, -0.2) is 25.1 Å². The molecule has 26 heavy (non-hydrogen) atoms. The molecule has 5 nitrogen and oxygen atoms in total. The predicted octanol–water partition coefficient (Wildman–Crippen LogP) is 4.62. The molecule has 0 saturated carbocycles. The highest BCUT2D eigenvalue weighted by molar-refractivity contribution is 6.30. The van der Waals surface area contributed by atoms with Crippen LogP contribution >= 0.6 is 11.6 Å². The number of carbonyl (C=O) groups excluding carboxylic acids is 2. The van der Waals surface area contributed by atoms with Crippen LogP contribution in [0.4, 0.5) is 5.69 Å². The Morgan fingerprint density at radius 1 is 1.12 bits per heavy atom. The molecule has 2 aromatic carbocycles. The Labute approximate surface area is 158 Å². The van der Waals surface area contributed by atoms with Crippen molar-refractivity contribution in [3.05, 3.63) is 58.6 Å². The van der Waals surface area contributed by atoms with Crippen LogP contribution in [0.1, 0.15) is 35.7 Å². The van der Waals surface area contributed by atoms with Crippen LogP contribution < -0.4 is 10.1 Å². The number of hydrogen-bond acceptors (Lipinski definition) is 4. The number of carbonyl (C=O) groups is 2. The molecule has 0 saturated heterocycles. The van der Waals surface area contributed by atoms with Gasteiger partial charge in [-0.1, -0.05) is 24.9 Å². The molecular formula is C20H22ClNO4. The molecule has 0 atom stereocenters. The van der Waals surface area contributed by atoms with E-state index >= 15 is 0 Å². The Hall–Kier alpha value is -2.53. The van der Waals surface area contributed by atoms with E-state index in [9.17, 15) is 9.59 Å². The molecule has 2 aromatic rings. The van der Waals surface area contributed by atoms with Gasteiger partial charge in [0.25, 0.3) is 5.91 Å². The lowest BCUT2D eigenvalue weighted by molar-refractivity contribution is -0.119. The predicted molar refractivity (Wildman–Crippen MR) is 102 cm³/mol. The van der Waals surface area contributed by atoms with Crippen LogP contribution in [0.25, 0.3) is 0 Å². The summed E-state index contributed by atoms with van der Waals surface area (Å²) >= 11 is 5.88. The van der Waals surface area contributed by atoms with Crippen LogP contribution in [0.5, 0.6) is 5.75 Å². The molecule has 2 rings (SSSR count). The number of esters is 1. The third kappa shape index (κ3) is 6.08. The molecule has 1 N–H and O–H groups in total. The van der Waals surface area contributed by atoms with Crippen LogP contribution in [-0.2, 0) is 9.53 Å². The van der Waals surface area contributed by atoms with Crippen LogP contribution in [0.2, 0.25) is 5.02 Å². The minimum atomic E-state index is -0.562. The zero-order chi connectivity index (χ0) is 18.9. The minimum absolute atomic E-state index is 0.364. The van der Waals surface area contributed by atoms with Crippen LogP contribution in [0, 0.1) is 6.92 Å². The number of anilines is 1. The van der Waals surface area contributed by atoms with Gasteiger partial charge in [0, 0.05) is 10.7 Å². The quantitative estimate of drug-likeness (QED) is 0.540. The lowest BCUT2D eigenvalue weighted by Gasteiger charge is -2.10. The summed E-state index contributed by atoms with van der Waals surface area (Å²) in [5.74, 6) is -0.276. The van der Waals surface area contributed by atoms with E-state index in [-0.39, 0.29) is 6.61 Å². The second-order valence-corrected chi connectivity index (χ2v) is 6.25. The Morgan fingerprint density at radius 2 is 1.85 bits per heavy atom. The van der Waals surface area contributed by atoms with Crippen molar-refractivity contribution < 1.29 is 19.1 Å². The van der Waals surface area contributed by atoms with Gasteiger partial charge in [0.15, 0.2) is 6.61 Å². The van der Waals surface area contributed by atoms with Crippen molar-refractivity contribution in [3.8, 4) is 5.75 Å². The summed E-state index contributed by atoms with van der Waals surface area (Å²) in [6.45, 7) is 4.20. The van der Waals surface area contributed by atoms with Gasteiger partial charge in [0.2, 0.25) is 0 Å². The van der Waals surface area contributed by atoms with Crippen molar-refractivity contribution in [2.24, 2.45) is 0 Å². The molecule has 0 radical (unpaired) electrons. The molecule has 0 aromatic heterocycles. The fourth-order valence-corrected chi connectivity index (χ4v) is 2.42. The summed E-state index contributed by atoms with van der Waals surface area (Å²) in [6, 6.07) is 11.8. The molecule has 0 unspecified atom stereocenters. The third-order valence-corrected chi connectivity index (χ3v) is 3.89. The number of ether oxygens (including phenoxy) is 2. The van der Waals surface area contributed by atoms with E-state index in [4.69, 9.17) is 21.1 Å². The molecule has 138 valence electrons. The number of hydrogen-bond donors (Lipinski definition) is 1. The monoisotopic (exact) mass is 375 g/mol. The first kappa shape index (κ1) is 19.8. The highest BCUT2D eigenvalue weighted by Crippen LogP contribution is 2.19. The average Bonchev–Trinajstić information content (AvgIpc) is 2.63. The summed E-state index contributed by atoms with van der Waals surface area (Å²) in [5.41, 5.74) is 1.82. The van der Waals surface area contributed by atoms with Gasteiger partial charge in [-0.15, -0.1) is 0 Å². The molecule has 0 spiro atoms. The van der Waals surface area contributed by atoms with Crippen LogP contribution in [0.3, 0.4) is 0 Å².